The van der Waals surface area contributed by atoms with E-state index in [-0.39, 0.29) is 0 Å². The molecule has 3 nitrogen and oxygen atoms in total. The number of hydrogen-bond donors (Lipinski definition) is 1. The van der Waals surface area contributed by atoms with Gasteiger partial charge in [0, 0.05) is 17.1 Å². The molecule has 0 amide bonds. The first kappa shape index (κ1) is 16.5. The second-order valence-electron chi connectivity index (χ2n) is 5.24. The van der Waals surface area contributed by atoms with Gasteiger partial charge in [0.1, 0.15) is 5.82 Å². The third kappa shape index (κ3) is 3.66. The molecule has 0 spiro atoms. The number of anilines is 1. The standard InChI is InChI=1S/C16H19ClIN3/c1-5-19-16-13(18)14(9(2)3)20-15(21-16)12-7-6-11(17)8-10(12)4/h6-9H,5H2,1-4H3,(H,19,20,21). The highest BCUT2D eigenvalue weighted by Crippen LogP contribution is 2.30. The van der Waals surface area contributed by atoms with Crippen LogP contribution in [0.15, 0.2) is 18.2 Å². The van der Waals surface area contributed by atoms with Gasteiger partial charge in [-0.05, 0) is 66.1 Å². The molecule has 0 aliphatic rings. The molecule has 0 radical (unpaired) electrons. The van der Waals surface area contributed by atoms with E-state index >= 15 is 0 Å². The topological polar surface area (TPSA) is 37.8 Å². The highest BCUT2D eigenvalue weighted by Gasteiger charge is 2.16. The maximum absolute atomic E-state index is 6.04. The van der Waals surface area contributed by atoms with Gasteiger partial charge in [0.25, 0.3) is 0 Å². The van der Waals surface area contributed by atoms with Crippen LogP contribution >= 0.6 is 34.2 Å². The third-order valence-corrected chi connectivity index (χ3v) is 4.50. The van der Waals surface area contributed by atoms with Crippen molar-refractivity contribution in [2.45, 2.75) is 33.6 Å². The van der Waals surface area contributed by atoms with Gasteiger partial charge in [-0.15, -0.1) is 0 Å². The average molecular weight is 416 g/mol. The quantitative estimate of drug-likeness (QED) is 0.692. The van der Waals surface area contributed by atoms with E-state index in [4.69, 9.17) is 21.6 Å². The number of nitrogens with one attached hydrogen (secondary N) is 1. The first-order chi connectivity index (χ1) is 9.93. The molecule has 112 valence electrons. The van der Waals surface area contributed by atoms with Crippen molar-refractivity contribution in [3.63, 3.8) is 0 Å². The monoisotopic (exact) mass is 415 g/mol. The fourth-order valence-electron chi connectivity index (χ4n) is 2.13. The Labute approximate surface area is 144 Å². The molecule has 1 aromatic carbocycles. The van der Waals surface area contributed by atoms with Crippen LogP contribution in [0.2, 0.25) is 5.02 Å². The molecule has 0 fully saturated rings. The second kappa shape index (κ2) is 6.92. The van der Waals surface area contributed by atoms with Crippen molar-refractivity contribution in [3.05, 3.63) is 38.0 Å². The van der Waals surface area contributed by atoms with Crippen LogP contribution in [-0.2, 0) is 0 Å². The Morgan fingerprint density at radius 3 is 2.57 bits per heavy atom. The largest absolute Gasteiger partial charge is 0.369 e. The maximum atomic E-state index is 6.04. The maximum Gasteiger partial charge on any atom is 0.162 e. The summed E-state index contributed by atoms with van der Waals surface area (Å²) in [5, 5.41) is 4.06. The van der Waals surface area contributed by atoms with E-state index < -0.39 is 0 Å². The highest BCUT2D eigenvalue weighted by atomic mass is 127. The fraction of sp³-hybridized carbons (Fsp3) is 0.375. The van der Waals surface area contributed by atoms with Gasteiger partial charge >= 0.3 is 0 Å². The molecule has 2 rings (SSSR count). The normalized spacial score (nSPS) is 11.0. The van der Waals surface area contributed by atoms with Crippen LogP contribution in [-0.4, -0.2) is 16.5 Å². The molecule has 0 aliphatic carbocycles. The van der Waals surface area contributed by atoms with E-state index in [1.165, 1.54) is 0 Å². The van der Waals surface area contributed by atoms with Crippen molar-refractivity contribution in [1.82, 2.24) is 9.97 Å². The summed E-state index contributed by atoms with van der Waals surface area (Å²) in [5.74, 6) is 2.01. The highest BCUT2D eigenvalue weighted by molar-refractivity contribution is 14.1. The van der Waals surface area contributed by atoms with Crippen LogP contribution < -0.4 is 5.32 Å². The number of nitrogens with zero attached hydrogens (tertiary/aromatic N) is 2. The predicted molar refractivity (Wildman–Crippen MR) is 98.2 cm³/mol. The first-order valence-electron chi connectivity index (χ1n) is 7.01. The number of aryl methyl sites for hydroxylation is 1. The molecule has 0 atom stereocenters. The number of aromatic nitrogens is 2. The van der Waals surface area contributed by atoms with Gasteiger partial charge in [0.15, 0.2) is 5.82 Å². The lowest BCUT2D eigenvalue weighted by molar-refractivity contribution is 0.808. The molecule has 0 unspecified atom stereocenters. The van der Waals surface area contributed by atoms with E-state index in [1.54, 1.807) is 0 Å². The molecule has 0 saturated heterocycles. The molecule has 0 saturated carbocycles. The van der Waals surface area contributed by atoms with Crippen LogP contribution in [0, 0.1) is 10.5 Å². The molecule has 0 aliphatic heterocycles. The van der Waals surface area contributed by atoms with Gasteiger partial charge in [-0.1, -0.05) is 25.4 Å². The molecule has 1 N–H and O–H groups in total. The Morgan fingerprint density at radius 2 is 2.00 bits per heavy atom. The summed E-state index contributed by atoms with van der Waals surface area (Å²) in [4.78, 5) is 9.47. The van der Waals surface area contributed by atoms with Crippen LogP contribution in [0.25, 0.3) is 11.4 Å². The lowest BCUT2D eigenvalue weighted by atomic mass is 10.1. The lowest BCUT2D eigenvalue weighted by Gasteiger charge is -2.15. The predicted octanol–water partition coefficient (Wildman–Crippen LogP) is 5.27. The van der Waals surface area contributed by atoms with Crippen LogP contribution in [0.5, 0.6) is 0 Å². The number of rotatable bonds is 4. The van der Waals surface area contributed by atoms with Gasteiger partial charge in [-0.3, -0.25) is 0 Å². The van der Waals surface area contributed by atoms with E-state index in [9.17, 15) is 0 Å². The lowest BCUT2D eigenvalue weighted by Crippen LogP contribution is -2.09. The minimum atomic E-state index is 0.351. The van der Waals surface area contributed by atoms with Gasteiger partial charge in [0.05, 0.1) is 9.26 Å². The van der Waals surface area contributed by atoms with E-state index in [1.807, 2.05) is 25.1 Å². The number of halogens is 2. The van der Waals surface area contributed by atoms with Crippen molar-refractivity contribution < 1.29 is 0 Å². The Hall–Kier alpha value is -0.880. The zero-order valence-corrected chi connectivity index (χ0v) is 15.6. The molecule has 2 aromatic rings. The van der Waals surface area contributed by atoms with Crippen LogP contribution in [0.3, 0.4) is 0 Å². The van der Waals surface area contributed by atoms with Crippen molar-refractivity contribution in [2.24, 2.45) is 0 Å². The van der Waals surface area contributed by atoms with E-state index in [0.29, 0.717) is 5.92 Å². The average Bonchev–Trinajstić information content (AvgIpc) is 2.41. The van der Waals surface area contributed by atoms with E-state index in [2.05, 4.69) is 48.7 Å². The summed E-state index contributed by atoms with van der Waals surface area (Å²) in [6.45, 7) is 9.24. The molecule has 1 aromatic heterocycles. The Kier molecular flexibility index (Phi) is 5.43. The minimum Gasteiger partial charge on any atom is -0.369 e. The van der Waals surface area contributed by atoms with Gasteiger partial charge in [-0.25, -0.2) is 9.97 Å². The molecule has 21 heavy (non-hydrogen) atoms. The Morgan fingerprint density at radius 1 is 1.29 bits per heavy atom. The second-order valence-corrected chi connectivity index (χ2v) is 6.75. The summed E-state index contributed by atoms with van der Waals surface area (Å²) in [7, 11) is 0. The molecule has 5 heteroatoms. The fourth-order valence-corrected chi connectivity index (χ4v) is 3.41. The van der Waals surface area contributed by atoms with Gasteiger partial charge in [0.2, 0.25) is 0 Å². The molecular weight excluding hydrogens is 397 g/mol. The van der Waals surface area contributed by atoms with Gasteiger partial charge < -0.3 is 5.32 Å². The molecule has 1 heterocycles. The third-order valence-electron chi connectivity index (χ3n) is 3.20. The van der Waals surface area contributed by atoms with Gasteiger partial charge in [-0.2, -0.15) is 0 Å². The van der Waals surface area contributed by atoms with E-state index in [0.717, 1.165) is 43.6 Å². The summed E-state index contributed by atoms with van der Waals surface area (Å²) < 4.78 is 1.10. The van der Waals surface area contributed by atoms with Crippen molar-refractivity contribution >= 4 is 40.0 Å². The summed E-state index contributed by atoms with van der Waals surface area (Å²) in [6.07, 6.45) is 0. The number of benzene rings is 1. The van der Waals surface area contributed by atoms with Crippen LogP contribution in [0.1, 0.15) is 37.9 Å². The summed E-state index contributed by atoms with van der Waals surface area (Å²) in [6, 6.07) is 5.81. The smallest absolute Gasteiger partial charge is 0.162 e. The summed E-state index contributed by atoms with van der Waals surface area (Å²) >= 11 is 8.36. The SMILES string of the molecule is CCNc1nc(-c2ccc(Cl)cc2C)nc(C(C)C)c1I. The zero-order chi connectivity index (χ0) is 15.6. The first-order valence-corrected chi connectivity index (χ1v) is 8.47. The molecular formula is C16H19ClIN3. The zero-order valence-electron chi connectivity index (χ0n) is 12.7. The minimum absolute atomic E-state index is 0.351. The Bertz CT molecular complexity index is 656. The number of hydrogen-bond acceptors (Lipinski definition) is 3. The van der Waals surface area contributed by atoms with Crippen LogP contribution in [0.4, 0.5) is 5.82 Å². The summed E-state index contributed by atoms with van der Waals surface area (Å²) in [5.41, 5.74) is 3.18. The Balaban J connectivity index is 2.62. The molecule has 0 bridgehead atoms. The van der Waals surface area contributed by atoms with Crippen molar-refractivity contribution in [1.29, 1.82) is 0 Å². The van der Waals surface area contributed by atoms with Crippen molar-refractivity contribution in [2.75, 3.05) is 11.9 Å². The van der Waals surface area contributed by atoms with Crippen molar-refractivity contribution in [3.8, 4) is 11.4 Å².